The molecule has 0 bridgehead atoms. The summed E-state index contributed by atoms with van der Waals surface area (Å²) in [5.41, 5.74) is 1.47. The highest BCUT2D eigenvalue weighted by Crippen LogP contribution is 2.18. The van der Waals surface area contributed by atoms with Crippen molar-refractivity contribution in [2.24, 2.45) is 0 Å². The fraction of sp³-hybridized carbons (Fsp3) is 0.526. The molecule has 1 amide bonds. The average molecular weight is 391 g/mol. The third-order valence-corrected chi connectivity index (χ3v) is 5.18. The molecule has 4 heterocycles. The van der Waals surface area contributed by atoms with E-state index in [1.165, 1.54) is 12.8 Å². The lowest BCUT2D eigenvalue weighted by Gasteiger charge is -2.22. The Labute approximate surface area is 165 Å². The highest BCUT2D eigenvalue weighted by Gasteiger charge is 2.18. The summed E-state index contributed by atoms with van der Waals surface area (Å²) < 4.78 is 1.91. The second-order valence-electron chi connectivity index (χ2n) is 7.08. The summed E-state index contributed by atoms with van der Waals surface area (Å²) in [4.78, 5) is 19.2. The van der Waals surface area contributed by atoms with E-state index in [0.29, 0.717) is 18.3 Å². The van der Waals surface area contributed by atoms with Crippen LogP contribution in [0.25, 0.3) is 0 Å². The third kappa shape index (κ3) is 4.78. The number of piperidine rings is 1. The molecular weight excluding hydrogens is 364 g/mol. The first kappa shape index (κ1) is 19.6. The average Bonchev–Trinajstić information content (AvgIpc) is 3.39. The van der Waals surface area contributed by atoms with Gasteiger partial charge in [0.25, 0.3) is 5.91 Å². The van der Waals surface area contributed by atoms with Crippen molar-refractivity contribution in [3.8, 4) is 0 Å². The molecule has 2 aliphatic rings. The number of hydrogen-bond donors (Lipinski definition) is 2. The van der Waals surface area contributed by atoms with Gasteiger partial charge in [0, 0.05) is 38.6 Å². The molecule has 0 radical (unpaired) electrons. The predicted molar refractivity (Wildman–Crippen MR) is 107 cm³/mol. The number of pyridine rings is 1. The van der Waals surface area contributed by atoms with Crippen molar-refractivity contribution in [1.29, 1.82) is 0 Å². The zero-order valence-electron chi connectivity index (χ0n) is 15.4. The summed E-state index contributed by atoms with van der Waals surface area (Å²) in [6.45, 7) is 4.61. The van der Waals surface area contributed by atoms with Crippen LogP contribution >= 0.6 is 12.4 Å². The third-order valence-electron chi connectivity index (χ3n) is 5.18. The first-order valence-electron chi connectivity index (χ1n) is 9.53. The Bertz CT molecular complexity index is 735. The number of aromatic nitrogens is 3. The number of nitrogens with one attached hydrogen (secondary N) is 2. The number of anilines is 1. The summed E-state index contributed by atoms with van der Waals surface area (Å²) >= 11 is 0. The summed E-state index contributed by atoms with van der Waals surface area (Å²) in [6, 6.07) is 6.20. The second kappa shape index (κ2) is 9.19. The molecule has 2 aliphatic heterocycles. The Hall–Kier alpha value is -2.12. The molecule has 1 unspecified atom stereocenters. The van der Waals surface area contributed by atoms with Crippen molar-refractivity contribution >= 4 is 24.1 Å². The SMILES string of the molecule is Cl.O=C(NCc1ccc(N2CCCC2)nc1)c1ccn(C2CCCNC2)n1. The maximum atomic E-state index is 12.4. The van der Waals surface area contributed by atoms with Gasteiger partial charge >= 0.3 is 0 Å². The Morgan fingerprint density at radius 1 is 1.22 bits per heavy atom. The minimum atomic E-state index is -0.142. The van der Waals surface area contributed by atoms with Gasteiger partial charge in [-0.15, -0.1) is 12.4 Å². The van der Waals surface area contributed by atoms with Crippen LogP contribution in [-0.4, -0.2) is 46.9 Å². The molecule has 1 atom stereocenters. The Kier molecular flexibility index (Phi) is 6.68. The lowest BCUT2D eigenvalue weighted by Crippen LogP contribution is -2.32. The van der Waals surface area contributed by atoms with Crippen LogP contribution in [0.4, 0.5) is 5.82 Å². The van der Waals surface area contributed by atoms with Gasteiger partial charge in [0.1, 0.15) is 11.5 Å². The van der Waals surface area contributed by atoms with E-state index in [9.17, 15) is 4.79 Å². The Balaban J connectivity index is 0.00000210. The molecule has 2 saturated heterocycles. The van der Waals surface area contributed by atoms with E-state index in [2.05, 4.69) is 25.6 Å². The van der Waals surface area contributed by atoms with Crippen LogP contribution in [-0.2, 0) is 6.54 Å². The van der Waals surface area contributed by atoms with Gasteiger partial charge in [-0.2, -0.15) is 5.10 Å². The molecule has 2 aromatic heterocycles. The number of halogens is 1. The topological polar surface area (TPSA) is 75.1 Å². The van der Waals surface area contributed by atoms with E-state index < -0.39 is 0 Å². The van der Waals surface area contributed by atoms with Crippen molar-refractivity contribution in [1.82, 2.24) is 25.4 Å². The molecule has 0 aromatic carbocycles. The number of carbonyl (C=O) groups excluding carboxylic acids is 1. The van der Waals surface area contributed by atoms with Gasteiger partial charge in [-0.25, -0.2) is 4.98 Å². The Morgan fingerprint density at radius 2 is 2.07 bits per heavy atom. The number of nitrogens with zero attached hydrogens (tertiary/aromatic N) is 4. The molecule has 8 heteroatoms. The molecule has 2 N–H and O–H groups in total. The monoisotopic (exact) mass is 390 g/mol. The highest BCUT2D eigenvalue weighted by molar-refractivity contribution is 5.92. The van der Waals surface area contributed by atoms with Crippen LogP contribution in [0.1, 0.15) is 47.8 Å². The molecule has 7 nitrogen and oxygen atoms in total. The van der Waals surface area contributed by atoms with Crippen LogP contribution in [0.3, 0.4) is 0 Å². The number of carbonyl (C=O) groups is 1. The molecule has 4 rings (SSSR count). The predicted octanol–water partition coefficient (Wildman–Crippen LogP) is 2.15. The maximum Gasteiger partial charge on any atom is 0.272 e. The van der Waals surface area contributed by atoms with E-state index >= 15 is 0 Å². The van der Waals surface area contributed by atoms with Gasteiger partial charge in [-0.3, -0.25) is 9.48 Å². The van der Waals surface area contributed by atoms with E-state index in [4.69, 9.17) is 0 Å². The van der Waals surface area contributed by atoms with Crippen LogP contribution in [0.5, 0.6) is 0 Å². The summed E-state index contributed by atoms with van der Waals surface area (Å²) in [5, 5.41) is 10.8. The van der Waals surface area contributed by atoms with Crippen molar-refractivity contribution < 1.29 is 4.79 Å². The van der Waals surface area contributed by atoms with Crippen molar-refractivity contribution in [2.75, 3.05) is 31.1 Å². The van der Waals surface area contributed by atoms with E-state index in [1.807, 2.05) is 29.2 Å². The van der Waals surface area contributed by atoms with Gasteiger partial charge in [0.2, 0.25) is 0 Å². The minimum Gasteiger partial charge on any atom is -0.357 e. The van der Waals surface area contributed by atoms with Crippen LogP contribution < -0.4 is 15.5 Å². The molecular formula is C19H27ClN6O. The van der Waals surface area contributed by atoms with Crippen molar-refractivity contribution in [3.05, 3.63) is 41.9 Å². The van der Waals surface area contributed by atoms with Gasteiger partial charge in [0.15, 0.2) is 0 Å². The number of rotatable bonds is 5. The van der Waals surface area contributed by atoms with E-state index in [-0.39, 0.29) is 18.3 Å². The lowest BCUT2D eigenvalue weighted by molar-refractivity contribution is 0.0944. The van der Waals surface area contributed by atoms with Crippen LogP contribution in [0, 0.1) is 0 Å². The lowest BCUT2D eigenvalue weighted by atomic mass is 10.1. The fourth-order valence-corrected chi connectivity index (χ4v) is 3.65. The fourth-order valence-electron chi connectivity index (χ4n) is 3.65. The molecule has 146 valence electrons. The van der Waals surface area contributed by atoms with E-state index in [0.717, 1.165) is 50.4 Å². The van der Waals surface area contributed by atoms with Gasteiger partial charge < -0.3 is 15.5 Å². The molecule has 2 fully saturated rings. The molecule has 2 aromatic rings. The first-order chi connectivity index (χ1) is 12.8. The zero-order chi connectivity index (χ0) is 17.8. The number of hydrogen-bond acceptors (Lipinski definition) is 5. The van der Waals surface area contributed by atoms with Gasteiger partial charge in [-0.1, -0.05) is 6.07 Å². The molecule has 0 aliphatic carbocycles. The summed E-state index contributed by atoms with van der Waals surface area (Å²) in [5.74, 6) is 0.883. The standard InChI is InChI=1S/C19H26N6O.ClH/c26-19(17-7-11-25(23-17)16-4-3-8-20-14-16)22-13-15-5-6-18(21-12-15)24-9-1-2-10-24;/h5-7,11-12,16,20H,1-4,8-10,13-14H2,(H,22,26);1H. The maximum absolute atomic E-state index is 12.4. The van der Waals surface area contributed by atoms with Gasteiger partial charge in [0.05, 0.1) is 6.04 Å². The minimum absolute atomic E-state index is 0. The number of amides is 1. The molecule has 0 spiro atoms. The van der Waals surface area contributed by atoms with Crippen molar-refractivity contribution in [3.63, 3.8) is 0 Å². The van der Waals surface area contributed by atoms with Crippen LogP contribution in [0.2, 0.25) is 0 Å². The molecule has 27 heavy (non-hydrogen) atoms. The Morgan fingerprint density at radius 3 is 2.78 bits per heavy atom. The first-order valence-corrected chi connectivity index (χ1v) is 9.53. The normalized spacial score (nSPS) is 19.6. The van der Waals surface area contributed by atoms with Gasteiger partial charge in [-0.05, 0) is 49.9 Å². The van der Waals surface area contributed by atoms with Crippen molar-refractivity contribution in [2.45, 2.75) is 38.3 Å². The van der Waals surface area contributed by atoms with Crippen LogP contribution in [0.15, 0.2) is 30.6 Å². The second-order valence-corrected chi connectivity index (χ2v) is 7.08. The summed E-state index contributed by atoms with van der Waals surface area (Å²) in [7, 11) is 0. The largest absolute Gasteiger partial charge is 0.357 e. The summed E-state index contributed by atoms with van der Waals surface area (Å²) in [6.07, 6.45) is 8.47. The smallest absolute Gasteiger partial charge is 0.272 e. The zero-order valence-corrected chi connectivity index (χ0v) is 16.2. The molecule has 0 saturated carbocycles. The highest BCUT2D eigenvalue weighted by atomic mass is 35.5. The van der Waals surface area contributed by atoms with E-state index in [1.54, 1.807) is 6.07 Å². The quantitative estimate of drug-likeness (QED) is 0.818.